The highest BCUT2D eigenvalue weighted by molar-refractivity contribution is 5.99. The van der Waals surface area contributed by atoms with E-state index in [4.69, 9.17) is 13.9 Å². The van der Waals surface area contributed by atoms with E-state index in [-0.39, 0.29) is 17.1 Å². The minimum absolute atomic E-state index is 0.112. The number of benzene rings is 2. The maximum atomic E-state index is 13.5. The standard InChI is InChI=1S/C27H31NO5/c1-6-8-9-12-32-20-11-10-18(15-22(20)31-7-2)24-23-25(29)19-13-16(3)17(4)14-21(19)33-26(23)27(30)28(24)5/h10-11,13-15,24H,6-9,12H2,1-5H3. The molecule has 1 aliphatic heterocycles. The fourth-order valence-electron chi connectivity index (χ4n) is 4.35. The summed E-state index contributed by atoms with van der Waals surface area (Å²) in [7, 11) is 1.69. The summed E-state index contributed by atoms with van der Waals surface area (Å²) in [5.41, 5.74) is 3.44. The van der Waals surface area contributed by atoms with Crippen molar-refractivity contribution in [3.63, 3.8) is 0 Å². The van der Waals surface area contributed by atoms with Crippen LogP contribution >= 0.6 is 0 Å². The lowest BCUT2D eigenvalue weighted by Gasteiger charge is -2.22. The topological polar surface area (TPSA) is 69.0 Å². The Balaban J connectivity index is 1.79. The quantitative estimate of drug-likeness (QED) is 0.422. The molecule has 1 aromatic heterocycles. The molecule has 33 heavy (non-hydrogen) atoms. The Hall–Kier alpha value is -3.28. The molecule has 4 rings (SSSR count). The average molecular weight is 450 g/mol. The first-order chi connectivity index (χ1) is 15.9. The third kappa shape index (κ3) is 4.10. The lowest BCUT2D eigenvalue weighted by molar-refractivity contribution is 0.0771. The Morgan fingerprint density at radius 3 is 2.45 bits per heavy atom. The zero-order chi connectivity index (χ0) is 23.7. The number of amides is 1. The first kappa shape index (κ1) is 22.9. The van der Waals surface area contributed by atoms with Crippen LogP contribution in [-0.2, 0) is 0 Å². The van der Waals surface area contributed by atoms with Gasteiger partial charge in [0.1, 0.15) is 5.58 Å². The van der Waals surface area contributed by atoms with Crippen LogP contribution in [0.2, 0.25) is 0 Å². The molecule has 1 aliphatic rings. The minimum Gasteiger partial charge on any atom is -0.490 e. The van der Waals surface area contributed by atoms with Gasteiger partial charge in [-0.05, 0) is 68.1 Å². The van der Waals surface area contributed by atoms with Crippen molar-refractivity contribution < 1.29 is 18.7 Å². The number of fused-ring (bicyclic) bond motifs is 2. The zero-order valence-corrected chi connectivity index (χ0v) is 20.0. The van der Waals surface area contributed by atoms with Crippen molar-refractivity contribution in [1.29, 1.82) is 0 Å². The lowest BCUT2D eigenvalue weighted by Crippen LogP contribution is -2.25. The predicted octanol–water partition coefficient (Wildman–Crippen LogP) is 5.55. The molecule has 3 aromatic rings. The molecule has 0 bridgehead atoms. The zero-order valence-electron chi connectivity index (χ0n) is 20.0. The van der Waals surface area contributed by atoms with Crippen LogP contribution in [0.4, 0.5) is 0 Å². The number of rotatable bonds is 8. The summed E-state index contributed by atoms with van der Waals surface area (Å²) in [4.78, 5) is 28.1. The van der Waals surface area contributed by atoms with Crippen LogP contribution in [-0.4, -0.2) is 31.1 Å². The van der Waals surface area contributed by atoms with E-state index in [1.54, 1.807) is 11.9 Å². The van der Waals surface area contributed by atoms with Gasteiger partial charge in [0.15, 0.2) is 16.9 Å². The fourth-order valence-corrected chi connectivity index (χ4v) is 4.35. The van der Waals surface area contributed by atoms with Crippen molar-refractivity contribution in [2.24, 2.45) is 0 Å². The number of ether oxygens (including phenoxy) is 2. The number of hydrogen-bond donors (Lipinski definition) is 0. The van der Waals surface area contributed by atoms with E-state index in [9.17, 15) is 9.59 Å². The largest absolute Gasteiger partial charge is 0.490 e. The number of aryl methyl sites for hydroxylation is 2. The van der Waals surface area contributed by atoms with E-state index in [2.05, 4.69) is 6.92 Å². The van der Waals surface area contributed by atoms with Gasteiger partial charge in [0.05, 0.1) is 30.2 Å². The van der Waals surface area contributed by atoms with E-state index >= 15 is 0 Å². The maximum absolute atomic E-state index is 13.5. The summed E-state index contributed by atoms with van der Waals surface area (Å²) >= 11 is 0. The van der Waals surface area contributed by atoms with E-state index in [1.807, 2.05) is 51.1 Å². The van der Waals surface area contributed by atoms with E-state index in [0.717, 1.165) is 36.0 Å². The summed E-state index contributed by atoms with van der Waals surface area (Å²) in [6.07, 6.45) is 3.21. The molecule has 1 unspecified atom stereocenters. The number of unbranched alkanes of at least 4 members (excludes halogenated alkanes) is 2. The summed E-state index contributed by atoms with van der Waals surface area (Å²) in [6.45, 7) is 9.09. The fraction of sp³-hybridized carbons (Fsp3) is 0.407. The van der Waals surface area contributed by atoms with E-state index in [1.165, 1.54) is 0 Å². The number of carbonyl (C=O) groups is 1. The van der Waals surface area contributed by atoms with Crippen LogP contribution in [0.1, 0.15) is 72.0 Å². The maximum Gasteiger partial charge on any atom is 0.290 e. The Bertz CT molecular complexity index is 1260. The number of nitrogens with zero attached hydrogens (tertiary/aromatic N) is 1. The predicted molar refractivity (Wildman–Crippen MR) is 129 cm³/mol. The SMILES string of the molecule is CCCCCOc1ccc(C2c3c(oc4cc(C)c(C)cc4c3=O)C(=O)N2C)cc1OCC. The van der Waals surface area contributed by atoms with Gasteiger partial charge in [-0.3, -0.25) is 9.59 Å². The lowest BCUT2D eigenvalue weighted by atomic mass is 9.97. The van der Waals surface area contributed by atoms with E-state index in [0.29, 0.717) is 41.2 Å². The van der Waals surface area contributed by atoms with Crippen molar-refractivity contribution in [2.45, 2.75) is 53.0 Å². The van der Waals surface area contributed by atoms with E-state index < -0.39 is 6.04 Å². The highest BCUT2D eigenvalue weighted by Crippen LogP contribution is 2.40. The molecule has 0 aliphatic carbocycles. The molecule has 0 radical (unpaired) electrons. The summed E-state index contributed by atoms with van der Waals surface area (Å²) in [5.74, 6) is 1.09. The van der Waals surface area contributed by atoms with Crippen molar-refractivity contribution in [2.75, 3.05) is 20.3 Å². The average Bonchev–Trinajstić information content (AvgIpc) is 3.04. The molecule has 1 atom stereocenters. The third-order valence-corrected chi connectivity index (χ3v) is 6.31. The highest BCUT2D eigenvalue weighted by Gasteiger charge is 2.41. The van der Waals surface area contributed by atoms with Gasteiger partial charge in [0, 0.05) is 7.05 Å². The Morgan fingerprint density at radius 1 is 0.970 bits per heavy atom. The molecule has 6 heteroatoms. The molecule has 0 saturated carbocycles. The van der Waals surface area contributed by atoms with Crippen molar-refractivity contribution in [1.82, 2.24) is 4.90 Å². The summed E-state index contributed by atoms with van der Waals surface area (Å²) in [6, 6.07) is 8.74. The molecule has 1 amide bonds. The molecular formula is C27H31NO5. The second-order valence-electron chi connectivity index (χ2n) is 8.62. The third-order valence-electron chi connectivity index (χ3n) is 6.31. The van der Waals surface area contributed by atoms with Gasteiger partial charge in [0.2, 0.25) is 5.76 Å². The molecule has 0 N–H and O–H groups in total. The molecular weight excluding hydrogens is 418 g/mol. The van der Waals surface area contributed by atoms with Crippen LogP contribution in [0, 0.1) is 13.8 Å². The Labute approximate surface area is 194 Å². The highest BCUT2D eigenvalue weighted by atomic mass is 16.5. The van der Waals surface area contributed by atoms with Gasteiger partial charge in [-0.2, -0.15) is 0 Å². The van der Waals surface area contributed by atoms with Crippen molar-refractivity contribution in [3.8, 4) is 11.5 Å². The van der Waals surface area contributed by atoms with Crippen molar-refractivity contribution in [3.05, 3.63) is 68.6 Å². The molecule has 0 spiro atoms. The monoisotopic (exact) mass is 449 g/mol. The van der Waals surface area contributed by atoms with Crippen molar-refractivity contribution >= 4 is 16.9 Å². The normalized spacial score (nSPS) is 15.2. The molecule has 0 saturated heterocycles. The first-order valence-electron chi connectivity index (χ1n) is 11.6. The van der Waals surface area contributed by atoms with Crippen LogP contribution < -0.4 is 14.9 Å². The molecule has 2 aromatic carbocycles. The van der Waals surface area contributed by atoms with Crippen LogP contribution in [0.25, 0.3) is 11.0 Å². The van der Waals surface area contributed by atoms with Gasteiger partial charge in [0.25, 0.3) is 5.91 Å². The minimum atomic E-state index is -0.553. The second kappa shape index (κ2) is 9.30. The van der Waals surface area contributed by atoms with Crippen LogP contribution in [0.15, 0.2) is 39.5 Å². The van der Waals surface area contributed by atoms with Crippen LogP contribution in [0.5, 0.6) is 11.5 Å². The van der Waals surface area contributed by atoms with Gasteiger partial charge >= 0.3 is 0 Å². The first-order valence-corrected chi connectivity index (χ1v) is 11.6. The molecule has 0 fully saturated rings. The van der Waals surface area contributed by atoms with Gasteiger partial charge in [-0.15, -0.1) is 0 Å². The number of hydrogen-bond acceptors (Lipinski definition) is 5. The van der Waals surface area contributed by atoms with Gasteiger partial charge < -0.3 is 18.8 Å². The van der Waals surface area contributed by atoms with Gasteiger partial charge in [-0.25, -0.2) is 0 Å². The second-order valence-corrected chi connectivity index (χ2v) is 8.62. The Kier molecular flexibility index (Phi) is 6.45. The van der Waals surface area contributed by atoms with Crippen LogP contribution in [0.3, 0.4) is 0 Å². The summed E-state index contributed by atoms with van der Waals surface area (Å²) in [5, 5.41) is 0.492. The molecule has 6 nitrogen and oxygen atoms in total. The smallest absolute Gasteiger partial charge is 0.290 e. The number of carbonyl (C=O) groups excluding carboxylic acids is 1. The molecule has 2 heterocycles. The molecule has 174 valence electrons. The Morgan fingerprint density at radius 2 is 1.73 bits per heavy atom. The summed E-state index contributed by atoms with van der Waals surface area (Å²) < 4.78 is 17.8. The van der Waals surface area contributed by atoms with Gasteiger partial charge in [-0.1, -0.05) is 25.8 Å².